The molecule has 5 nitrogen and oxygen atoms in total. The lowest BCUT2D eigenvalue weighted by Crippen LogP contribution is -2.59. The molecule has 5 heteroatoms. The van der Waals surface area contributed by atoms with Crippen LogP contribution in [0.3, 0.4) is 0 Å². The van der Waals surface area contributed by atoms with Gasteiger partial charge in [0.2, 0.25) is 0 Å². The summed E-state index contributed by atoms with van der Waals surface area (Å²) in [6.07, 6.45) is 5.63. The van der Waals surface area contributed by atoms with Crippen molar-refractivity contribution in [1.82, 2.24) is 15.1 Å². The number of aromatic nitrogens is 2. The second kappa shape index (κ2) is 5.85. The lowest BCUT2D eigenvalue weighted by Gasteiger charge is -2.49. The monoisotopic (exact) mass is 334 g/mol. The van der Waals surface area contributed by atoms with Crippen molar-refractivity contribution in [2.45, 2.75) is 31.3 Å². The lowest BCUT2D eigenvalue weighted by atomic mass is 9.92. The number of hydrogen-bond donors (Lipinski definition) is 0. The SMILES string of the molecule is CN1C2CCCC1CN(c1nnccc1-c1cc3ccccc3o1)C2. The third kappa shape index (κ3) is 2.50. The highest BCUT2D eigenvalue weighted by Crippen LogP contribution is 2.36. The summed E-state index contributed by atoms with van der Waals surface area (Å²) in [7, 11) is 2.27. The van der Waals surface area contributed by atoms with E-state index in [9.17, 15) is 0 Å². The zero-order valence-corrected chi connectivity index (χ0v) is 14.4. The largest absolute Gasteiger partial charge is 0.456 e. The van der Waals surface area contributed by atoms with Gasteiger partial charge in [-0.15, -0.1) is 5.10 Å². The smallest absolute Gasteiger partial charge is 0.162 e. The van der Waals surface area contributed by atoms with Crippen LogP contribution >= 0.6 is 0 Å². The molecule has 2 bridgehead atoms. The van der Waals surface area contributed by atoms with E-state index in [1.807, 2.05) is 24.3 Å². The van der Waals surface area contributed by atoms with Crippen LogP contribution in [0.4, 0.5) is 5.82 Å². The average molecular weight is 334 g/mol. The van der Waals surface area contributed by atoms with Gasteiger partial charge in [0.1, 0.15) is 11.3 Å². The van der Waals surface area contributed by atoms with Gasteiger partial charge >= 0.3 is 0 Å². The molecule has 0 saturated carbocycles. The van der Waals surface area contributed by atoms with Crippen LogP contribution < -0.4 is 4.90 Å². The quantitative estimate of drug-likeness (QED) is 0.717. The first kappa shape index (κ1) is 14.9. The highest BCUT2D eigenvalue weighted by atomic mass is 16.3. The van der Waals surface area contributed by atoms with Gasteiger partial charge in [-0.05, 0) is 38.1 Å². The van der Waals surface area contributed by atoms with Gasteiger partial charge in [0.15, 0.2) is 5.82 Å². The number of fused-ring (bicyclic) bond motifs is 3. The fourth-order valence-corrected chi connectivity index (χ4v) is 4.36. The topological polar surface area (TPSA) is 45.4 Å². The summed E-state index contributed by atoms with van der Waals surface area (Å²) in [5.41, 5.74) is 1.95. The van der Waals surface area contributed by atoms with Gasteiger partial charge in [-0.3, -0.25) is 4.90 Å². The van der Waals surface area contributed by atoms with Crippen LogP contribution in [0.1, 0.15) is 19.3 Å². The lowest BCUT2D eigenvalue weighted by molar-refractivity contribution is 0.0946. The van der Waals surface area contributed by atoms with E-state index in [1.54, 1.807) is 6.20 Å². The number of nitrogens with zero attached hydrogens (tertiary/aromatic N) is 4. The molecule has 2 fully saturated rings. The first-order chi connectivity index (χ1) is 12.3. The van der Waals surface area contributed by atoms with Gasteiger partial charge in [0, 0.05) is 30.6 Å². The van der Waals surface area contributed by atoms with Crippen LogP contribution in [0.5, 0.6) is 0 Å². The number of para-hydroxylation sites is 1. The Morgan fingerprint density at radius 3 is 2.68 bits per heavy atom. The maximum Gasteiger partial charge on any atom is 0.162 e. The summed E-state index contributed by atoms with van der Waals surface area (Å²) in [5, 5.41) is 9.79. The Hall–Kier alpha value is -2.40. The molecule has 1 aromatic carbocycles. The first-order valence-electron chi connectivity index (χ1n) is 9.07. The van der Waals surface area contributed by atoms with Crippen LogP contribution in [-0.4, -0.2) is 47.3 Å². The maximum atomic E-state index is 6.10. The Labute approximate surface area is 147 Å². The molecular weight excluding hydrogens is 312 g/mol. The molecule has 2 unspecified atom stereocenters. The summed E-state index contributed by atoms with van der Waals surface area (Å²) in [5.74, 6) is 1.82. The zero-order chi connectivity index (χ0) is 16.8. The third-order valence-corrected chi connectivity index (χ3v) is 5.78. The van der Waals surface area contributed by atoms with Gasteiger partial charge in [-0.2, -0.15) is 5.10 Å². The minimum atomic E-state index is 0.609. The molecule has 0 N–H and O–H groups in total. The number of benzene rings is 1. The molecule has 0 radical (unpaired) electrons. The molecule has 128 valence electrons. The van der Waals surface area contributed by atoms with E-state index < -0.39 is 0 Å². The predicted molar refractivity (Wildman–Crippen MR) is 98.6 cm³/mol. The molecule has 2 aliphatic heterocycles. The van der Waals surface area contributed by atoms with Crippen LogP contribution in [0.15, 0.2) is 47.0 Å². The summed E-state index contributed by atoms with van der Waals surface area (Å²) in [6, 6.07) is 13.5. The number of anilines is 1. The van der Waals surface area contributed by atoms with E-state index in [0.29, 0.717) is 12.1 Å². The van der Waals surface area contributed by atoms with E-state index in [-0.39, 0.29) is 0 Å². The molecule has 2 aliphatic rings. The van der Waals surface area contributed by atoms with Crippen molar-refractivity contribution in [3.05, 3.63) is 42.6 Å². The van der Waals surface area contributed by atoms with Crippen LogP contribution in [0.2, 0.25) is 0 Å². The van der Waals surface area contributed by atoms with E-state index >= 15 is 0 Å². The Morgan fingerprint density at radius 2 is 1.88 bits per heavy atom. The van der Waals surface area contributed by atoms with E-state index in [0.717, 1.165) is 41.2 Å². The van der Waals surface area contributed by atoms with E-state index in [1.165, 1.54) is 19.3 Å². The predicted octanol–water partition coefficient (Wildman–Crippen LogP) is 3.56. The third-order valence-electron chi connectivity index (χ3n) is 5.78. The maximum absolute atomic E-state index is 6.10. The molecular formula is C20H22N4O. The Kier molecular flexibility index (Phi) is 3.48. The number of likely N-dealkylation sites (N-methyl/N-ethyl adjacent to an activating group) is 1. The fourth-order valence-electron chi connectivity index (χ4n) is 4.36. The van der Waals surface area contributed by atoms with Crippen molar-refractivity contribution < 1.29 is 4.42 Å². The average Bonchev–Trinajstić information content (AvgIpc) is 3.05. The molecule has 4 heterocycles. The number of hydrogen-bond acceptors (Lipinski definition) is 5. The number of piperazine rings is 1. The van der Waals surface area contributed by atoms with Gasteiger partial charge in [0.25, 0.3) is 0 Å². The summed E-state index contributed by atoms with van der Waals surface area (Å²) < 4.78 is 6.10. The minimum Gasteiger partial charge on any atom is -0.456 e. The highest BCUT2D eigenvalue weighted by Gasteiger charge is 2.36. The standard InChI is InChI=1S/C20H22N4O/c1-23-15-6-4-7-16(23)13-24(12-15)20-17(9-10-21-22-20)19-11-14-5-2-3-8-18(14)25-19/h2-3,5,8-11,15-16H,4,6-7,12-13H2,1H3. The second-order valence-electron chi connectivity index (χ2n) is 7.23. The Morgan fingerprint density at radius 1 is 1.08 bits per heavy atom. The van der Waals surface area contributed by atoms with Crippen molar-refractivity contribution in [2.75, 3.05) is 25.0 Å². The molecule has 0 amide bonds. The number of rotatable bonds is 2. The molecule has 2 aromatic heterocycles. The van der Waals surface area contributed by atoms with Crippen molar-refractivity contribution in [1.29, 1.82) is 0 Å². The summed E-state index contributed by atoms with van der Waals surface area (Å²) in [4.78, 5) is 4.96. The Bertz CT molecular complexity index is 858. The summed E-state index contributed by atoms with van der Waals surface area (Å²) in [6.45, 7) is 2.03. The van der Waals surface area contributed by atoms with Crippen LogP contribution in [0, 0.1) is 0 Å². The Balaban J connectivity index is 1.55. The normalized spacial score (nSPS) is 24.0. The highest BCUT2D eigenvalue weighted by molar-refractivity contribution is 5.85. The van der Waals surface area contributed by atoms with Crippen LogP contribution in [-0.2, 0) is 0 Å². The van der Waals surface area contributed by atoms with E-state index in [2.05, 4.69) is 39.2 Å². The molecule has 0 aliphatic carbocycles. The molecule has 2 atom stereocenters. The summed E-state index contributed by atoms with van der Waals surface area (Å²) >= 11 is 0. The van der Waals surface area contributed by atoms with Gasteiger partial charge in [-0.25, -0.2) is 0 Å². The molecule has 5 rings (SSSR count). The molecule has 3 aromatic rings. The first-order valence-corrected chi connectivity index (χ1v) is 9.07. The van der Waals surface area contributed by atoms with Crippen molar-refractivity contribution in [3.8, 4) is 11.3 Å². The molecule has 2 saturated heterocycles. The van der Waals surface area contributed by atoms with Gasteiger partial charge in [-0.1, -0.05) is 24.6 Å². The van der Waals surface area contributed by atoms with E-state index in [4.69, 9.17) is 4.42 Å². The minimum absolute atomic E-state index is 0.609. The second-order valence-corrected chi connectivity index (χ2v) is 7.23. The number of piperidine rings is 1. The fraction of sp³-hybridized carbons (Fsp3) is 0.400. The van der Waals surface area contributed by atoms with Crippen molar-refractivity contribution in [3.63, 3.8) is 0 Å². The molecule has 25 heavy (non-hydrogen) atoms. The van der Waals surface area contributed by atoms with Gasteiger partial charge < -0.3 is 9.32 Å². The molecule has 0 spiro atoms. The van der Waals surface area contributed by atoms with Crippen molar-refractivity contribution >= 4 is 16.8 Å². The van der Waals surface area contributed by atoms with Gasteiger partial charge in [0.05, 0.1) is 11.8 Å². The number of furan rings is 1. The zero-order valence-electron chi connectivity index (χ0n) is 14.4. The van der Waals surface area contributed by atoms with Crippen LogP contribution in [0.25, 0.3) is 22.3 Å². The van der Waals surface area contributed by atoms with Crippen molar-refractivity contribution in [2.24, 2.45) is 0 Å².